The van der Waals surface area contributed by atoms with Crippen LogP contribution in [0.2, 0.25) is 0 Å². The predicted molar refractivity (Wildman–Crippen MR) is 53.0 cm³/mol. The van der Waals surface area contributed by atoms with Gasteiger partial charge >= 0.3 is 29.6 Å². The molecule has 0 aromatic carbocycles. The first-order valence-corrected chi connectivity index (χ1v) is 4.46. The molecule has 10 heteroatoms. The van der Waals surface area contributed by atoms with Crippen molar-refractivity contribution in [2.75, 3.05) is 0 Å². The Morgan fingerprint density at radius 3 is 1.78 bits per heavy atom. The maximum absolute atomic E-state index is 10.8. The van der Waals surface area contributed by atoms with E-state index in [1.54, 1.807) is 0 Å². The van der Waals surface area contributed by atoms with Crippen molar-refractivity contribution in [1.29, 1.82) is 0 Å². The van der Waals surface area contributed by atoms with Crippen molar-refractivity contribution < 1.29 is 44.3 Å². The zero-order valence-electron chi connectivity index (χ0n) is 8.94. The molecule has 0 saturated heterocycles. The van der Waals surface area contributed by atoms with Gasteiger partial charge in [-0.15, -0.1) is 0 Å². The largest absolute Gasteiger partial charge is 0.481 e. The Labute approximate surface area is 99.5 Å². The third-order valence-corrected chi connectivity index (χ3v) is 1.87. The fourth-order valence-electron chi connectivity index (χ4n) is 1.08. The van der Waals surface area contributed by atoms with Gasteiger partial charge in [-0.3, -0.25) is 9.59 Å². The van der Waals surface area contributed by atoms with Crippen molar-refractivity contribution >= 4 is 29.6 Å². The topological polar surface area (TPSA) is 178 Å². The number of aliphatic carboxylic acids is 4. The number of hydrogen-bond donors (Lipinski definition) is 5. The average Bonchev–Trinajstić information content (AvgIpc) is 2.20. The van der Waals surface area contributed by atoms with E-state index in [1.807, 2.05) is 0 Å². The lowest BCUT2D eigenvalue weighted by molar-refractivity contribution is -0.565. The lowest BCUT2D eigenvalue weighted by Gasteiger charge is -2.06. The first-order chi connectivity index (χ1) is 8.16. The number of carboxylic acids is 4. The summed E-state index contributed by atoms with van der Waals surface area (Å²) in [4.78, 5) is 42.3. The normalized spacial score (nSPS) is 13.3. The van der Waals surface area contributed by atoms with E-state index >= 15 is 0 Å². The molecule has 0 radical (unpaired) electrons. The fourth-order valence-corrected chi connectivity index (χ4v) is 1.08. The lowest BCUT2D eigenvalue weighted by atomic mass is 10.2. The number of hydrogen-bond acceptors (Lipinski definition) is 5. The SMILES string of the molecule is N[N+](=C(CC(=O)O)C(=O)O)C(CC(=O)O)C(=O)O. The minimum absolute atomic E-state index is 0.132. The van der Waals surface area contributed by atoms with Crippen molar-refractivity contribution in [3.8, 4) is 0 Å². The van der Waals surface area contributed by atoms with E-state index in [0.717, 1.165) is 0 Å². The summed E-state index contributed by atoms with van der Waals surface area (Å²) >= 11 is 0. The first kappa shape index (κ1) is 15.3. The van der Waals surface area contributed by atoms with Gasteiger partial charge in [0.15, 0.2) is 0 Å². The molecule has 0 bridgehead atoms. The summed E-state index contributed by atoms with van der Waals surface area (Å²) in [6.07, 6.45) is -2.00. The molecule has 0 aliphatic rings. The van der Waals surface area contributed by atoms with Crippen LogP contribution in [0.5, 0.6) is 0 Å². The highest BCUT2D eigenvalue weighted by Gasteiger charge is 2.37. The summed E-state index contributed by atoms with van der Waals surface area (Å²) < 4.78 is 0.132. The van der Waals surface area contributed by atoms with Crippen LogP contribution < -0.4 is 5.84 Å². The summed E-state index contributed by atoms with van der Waals surface area (Å²) in [7, 11) is 0. The maximum atomic E-state index is 10.8. The molecule has 0 fully saturated rings. The molecule has 1 unspecified atom stereocenters. The Hall–Kier alpha value is -2.65. The van der Waals surface area contributed by atoms with Crippen LogP contribution >= 0.6 is 0 Å². The molecule has 6 N–H and O–H groups in total. The van der Waals surface area contributed by atoms with Crippen LogP contribution in [-0.2, 0) is 19.2 Å². The van der Waals surface area contributed by atoms with Gasteiger partial charge in [-0.25, -0.2) is 15.4 Å². The van der Waals surface area contributed by atoms with Crippen molar-refractivity contribution in [3.63, 3.8) is 0 Å². The number of rotatable bonds is 7. The number of carbonyl (C=O) groups is 4. The summed E-state index contributed by atoms with van der Waals surface area (Å²) in [6, 6.07) is -1.87. The summed E-state index contributed by atoms with van der Waals surface area (Å²) in [5.74, 6) is -1.30. The second-order valence-corrected chi connectivity index (χ2v) is 3.18. The first-order valence-electron chi connectivity index (χ1n) is 4.46. The van der Waals surface area contributed by atoms with E-state index in [2.05, 4.69) is 0 Å². The van der Waals surface area contributed by atoms with E-state index in [9.17, 15) is 19.2 Å². The number of carboxylic acid groups (broad SMARTS) is 4. The highest BCUT2D eigenvalue weighted by Crippen LogP contribution is 1.99. The Balaban J connectivity index is 5.49. The molecule has 0 aliphatic heterocycles. The van der Waals surface area contributed by atoms with Crippen LogP contribution in [0.25, 0.3) is 0 Å². The van der Waals surface area contributed by atoms with Crippen LogP contribution in [0, 0.1) is 0 Å². The fraction of sp³-hybridized carbons (Fsp3) is 0.375. The highest BCUT2D eigenvalue weighted by atomic mass is 16.4. The van der Waals surface area contributed by atoms with Crippen molar-refractivity contribution in [3.05, 3.63) is 0 Å². The molecular formula is C8H11N2O8+. The quantitative estimate of drug-likeness (QED) is 0.147. The molecule has 0 saturated carbocycles. The highest BCUT2D eigenvalue weighted by molar-refractivity contribution is 6.36. The van der Waals surface area contributed by atoms with Crippen LogP contribution in [0.4, 0.5) is 0 Å². The number of hydrazone groups is 1. The second-order valence-electron chi connectivity index (χ2n) is 3.18. The molecule has 0 amide bonds. The number of nitrogens with two attached hydrogens (primary N) is 1. The summed E-state index contributed by atoms with van der Waals surface area (Å²) in [6.45, 7) is 0. The van der Waals surface area contributed by atoms with Crippen LogP contribution in [-0.4, -0.2) is 60.7 Å². The van der Waals surface area contributed by atoms with Gasteiger partial charge in [0.1, 0.15) is 12.8 Å². The van der Waals surface area contributed by atoms with Crippen molar-refractivity contribution in [1.82, 2.24) is 0 Å². The van der Waals surface area contributed by atoms with Crippen molar-refractivity contribution in [2.24, 2.45) is 5.84 Å². The van der Waals surface area contributed by atoms with Gasteiger partial charge in [0.25, 0.3) is 6.04 Å². The third-order valence-electron chi connectivity index (χ3n) is 1.87. The molecular weight excluding hydrogens is 252 g/mol. The summed E-state index contributed by atoms with van der Waals surface area (Å²) in [5.41, 5.74) is -0.920. The Morgan fingerprint density at radius 1 is 1.00 bits per heavy atom. The molecule has 0 aromatic heterocycles. The van der Waals surface area contributed by atoms with E-state index in [0.29, 0.717) is 0 Å². The van der Waals surface area contributed by atoms with Gasteiger partial charge in [-0.05, 0) is 0 Å². The van der Waals surface area contributed by atoms with E-state index in [-0.39, 0.29) is 4.68 Å². The zero-order chi connectivity index (χ0) is 14.5. The predicted octanol–water partition coefficient (Wildman–Crippen LogP) is -2.20. The van der Waals surface area contributed by atoms with Gasteiger partial charge in [0.2, 0.25) is 0 Å². The molecule has 1 atom stereocenters. The molecule has 18 heavy (non-hydrogen) atoms. The second kappa shape index (κ2) is 6.18. The minimum atomic E-state index is -1.87. The van der Waals surface area contributed by atoms with Crippen LogP contribution in [0.3, 0.4) is 0 Å². The van der Waals surface area contributed by atoms with Crippen molar-refractivity contribution in [2.45, 2.75) is 18.9 Å². The van der Waals surface area contributed by atoms with Crippen LogP contribution in [0.1, 0.15) is 12.8 Å². The lowest BCUT2D eigenvalue weighted by Crippen LogP contribution is -2.46. The van der Waals surface area contributed by atoms with E-state index in [4.69, 9.17) is 26.3 Å². The monoisotopic (exact) mass is 263 g/mol. The zero-order valence-corrected chi connectivity index (χ0v) is 8.94. The Bertz CT molecular complexity index is 427. The Kier molecular flexibility index (Phi) is 5.27. The third kappa shape index (κ3) is 4.47. The molecule has 100 valence electrons. The van der Waals surface area contributed by atoms with Crippen LogP contribution in [0.15, 0.2) is 0 Å². The molecule has 0 rings (SSSR count). The molecule has 0 aromatic rings. The standard InChI is InChI=1S/C8H10N2O8/c9-10(3(7(15)16)1-5(11)12)4(8(17)18)2-6(13)14/h3H,1-2,9H2,(H3-,11,12,13,14,15,16,17,18)/p+1. The smallest absolute Gasteiger partial charge is 0.399 e. The van der Waals surface area contributed by atoms with E-state index < -0.39 is 48.5 Å². The number of hydrazine groups is 1. The molecule has 0 spiro atoms. The Morgan fingerprint density at radius 2 is 1.50 bits per heavy atom. The summed E-state index contributed by atoms with van der Waals surface area (Å²) in [5, 5.41) is 34.3. The van der Waals surface area contributed by atoms with Gasteiger partial charge in [0, 0.05) is 0 Å². The van der Waals surface area contributed by atoms with Gasteiger partial charge in [-0.2, -0.15) is 0 Å². The van der Waals surface area contributed by atoms with Gasteiger partial charge in [0.05, 0.1) is 0 Å². The molecule has 0 heterocycles. The molecule has 10 nitrogen and oxygen atoms in total. The van der Waals surface area contributed by atoms with Gasteiger partial charge in [-0.1, -0.05) is 4.68 Å². The average molecular weight is 263 g/mol. The molecule has 0 aliphatic carbocycles. The minimum Gasteiger partial charge on any atom is -0.481 e. The van der Waals surface area contributed by atoms with Gasteiger partial charge < -0.3 is 20.4 Å². The van der Waals surface area contributed by atoms with E-state index in [1.165, 1.54) is 0 Å². The number of nitrogens with zero attached hydrogens (tertiary/aromatic N) is 1. The maximum Gasteiger partial charge on any atom is 0.399 e.